The molecule has 2 aromatic carbocycles. The van der Waals surface area contributed by atoms with Gasteiger partial charge in [0, 0.05) is 17.5 Å². The number of nitrogens with one attached hydrogen (secondary N) is 1. The maximum Gasteiger partial charge on any atom is 0.162 e. The predicted molar refractivity (Wildman–Crippen MR) is 88.5 cm³/mol. The van der Waals surface area contributed by atoms with Crippen molar-refractivity contribution in [1.29, 1.82) is 0 Å². The molecule has 0 amide bonds. The second-order valence-electron chi connectivity index (χ2n) is 5.15. The van der Waals surface area contributed by atoms with Crippen molar-refractivity contribution in [2.24, 2.45) is 0 Å². The summed E-state index contributed by atoms with van der Waals surface area (Å²) in [6.45, 7) is 5.15. The molecule has 0 aliphatic rings. The Hall–Kier alpha value is -2.42. The zero-order valence-corrected chi connectivity index (χ0v) is 12.4. The van der Waals surface area contributed by atoms with Gasteiger partial charge in [0.05, 0.1) is 5.52 Å². The monoisotopic (exact) mass is 277 g/mol. The van der Waals surface area contributed by atoms with E-state index >= 15 is 0 Å². The van der Waals surface area contributed by atoms with Gasteiger partial charge >= 0.3 is 0 Å². The molecule has 0 radical (unpaired) electrons. The van der Waals surface area contributed by atoms with Crippen LogP contribution in [0, 0.1) is 6.92 Å². The van der Waals surface area contributed by atoms with Crippen LogP contribution in [0.3, 0.4) is 0 Å². The average molecular weight is 277 g/mol. The van der Waals surface area contributed by atoms with Gasteiger partial charge in [0.15, 0.2) is 5.82 Å². The molecular weight excluding hydrogens is 258 g/mol. The van der Waals surface area contributed by atoms with Crippen molar-refractivity contribution in [3.8, 4) is 11.4 Å². The van der Waals surface area contributed by atoms with Gasteiger partial charge in [-0.3, -0.25) is 0 Å². The lowest BCUT2D eigenvalue weighted by molar-refractivity contribution is 0.970. The molecule has 0 spiro atoms. The van der Waals surface area contributed by atoms with E-state index in [1.165, 1.54) is 5.56 Å². The van der Waals surface area contributed by atoms with Crippen molar-refractivity contribution < 1.29 is 0 Å². The van der Waals surface area contributed by atoms with Crippen LogP contribution in [0.25, 0.3) is 22.3 Å². The van der Waals surface area contributed by atoms with E-state index in [1.54, 1.807) is 0 Å². The minimum atomic E-state index is 0.783. The molecule has 0 saturated heterocycles. The van der Waals surface area contributed by atoms with Crippen molar-refractivity contribution in [2.75, 3.05) is 11.9 Å². The largest absolute Gasteiger partial charge is 0.369 e. The molecular formula is C18H19N3. The molecule has 0 bridgehead atoms. The summed E-state index contributed by atoms with van der Waals surface area (Å²) in [5.41, 5.74) is 3.25. The van der Waals surface area contributed by atoms with E-state index in [-0.39, 0.29) is 0 Å². The first-order valence-corrected chi connectivity index (χ1v) is 7.36. The molecule has 1 heterocycles. The van der Waals surface area contributed by atoms with E-state index in [4.69, 9.17) is 9.97 Å². The van der Waals surface area contributed by atoms with E-state index in [1.807, 2.05) is 30.3 Å². The van der Waals surface area contributed by atoms with Crippen molar-refractivity contribution in [3.63, 3.8) is 0 Å². The molecule has 0 aliphatic carbocycles. The predicted octanol–water partition coefficient (Wildman–Crippen LogP) is 4.43. The number of aromatic nitrogens is 2. The van der Waals surface area contributed by atoms with Crippen LogP contribution in [-0.4, -0.2) is 16.5 Å². The third kappa shape index (κ3) is 2.72. The lowest BCUT2D eigenvalue weighted by Gasteiger charge is -2.11. The SMILES string of the molecule is CCCNc1nc(-c2ccccc2C)nc2ccccc12. The molecule has 0 atom stereocenters. The fourth-order valence-corrected chi connectivity index (χ4v) is 2.40. The topological polar surface area (TPSA) is 37.8 Å². The Bertz CT molecular complexity index is 765. The minimum Gasteiger partial charge on any atom is -0.369 e. The van der Waals surface area contributed by atoms with Crippen LogP contribution in [0.2, 0.25) is 0 Å². The van der Waals surface area contributed by atoms with Crippen molar-refractivity contribution in [1.82, 2.24) is 9.97 Å². The van der Waals surface area contributed by atoms with Crippen LogP contribution in [-0.2, 0) is 0 Å². The standard InChI is InChI=1S/C18H19N3/c1-3-12-19-17-15-10-6-7-11-16(15)20-18(21-17)14-9-5-4-8-13(14)2/h4-11H,3,12H2,1-2H3,(H,19,20,21). The van der Waals surface area contributed by atoms with Crippen LogP contribution in [0.4, 0.5) is 5.82 Å². The third-order valence-electron chi connectivity index (χ3n) is 3.53. The van der Waals surface area contributed by atoms with Crippen molar-refractivity contribution in [2.45, 2.75) is 20.3 Å². The smallest absolute Gasteiger partial charge is 0.162 e. The number of hydrogen-bond acceptors (Lipinski definition) is 3. The Morgan fingerprint density at radius 1 is 0.952 bits per heavy atom. The molecule has 0 fully saturated rings. The number of fused-ring (bicyclic) bond motifs is 1. The van der Waals surface area contributed by atoms with Gasteiger partial charge in [-0.1, -0.05) is 43.3 Å². The van der Waals surface area contributed by atoms with E-state index in [2.05, 4.69) is 37.4 Å². The lowest BCUT2D eigenvalue weighted by Crippen LogP contribution is -2.05. The molecule has 106 valence electrons. The lowest BCUT2D eigenvalue weighted by atomic mass is 10.1. The van der Waals surface area contributed by atoms with Crippen LogP contribution < -0.4 is 5.32 Å². The highest BCUT2D eigenvalue weighted by atomic mass is 15.0. The number of anilines is 1. The normalized spacial score (nSPS) is 10.8. The third-order valence-corrected chi connectivity index (χ3v) is 3.53. The first-order chi connectivity index (χ1) is 10.3. The van der Waals surface area contributed by atoms with E-state index in [0.29, 0.717) is 0 Å². The molecule has 1 aromatic heterocycles. The molecule has 0 aliphatic heterocycles. The minimum absolute atomic E-state index is 0.783. The summed E-state index contributed by atoms with van der Waals surface area (Å²) < 4.78 is 0. The van der Waals surface area contributed by atoms with Gasteiger partial charge < -0.3 is 5.32 Å². The van der Waals surface area contributed by atoms with Crippen LogP contribution >= 0.6 is 0 Å². The molecule has 1 N–H and O–H groups in total. The Balaban J connectivity index is 2.18. The zero-order valence-electron chi connectivity index (χ0n) is 12.4. The average Bonchev–Trinajstić information content (AvgIpc) is 2.53. The molecule has 0 unspecified atom stereocenters. The summed E-state index contributed by atoms with van der Waals surface area (Å²) in [5.74, 6) is 1.70. The summed E-state index contributed by atoms with van der Waals surface area (Å²) in [4.78, 5) is 9.47. The summed E-state index contributed by atoms with van der Waals surface area (Å²) in [6.07, 6.45) is 1.07. The van der Waals surface area contributed by atoms with Crippen LogP contribution in [0.15, 0.2) is 48.5 Å². The fraction of sp³-hybridized carbons (Fsp3) is 0.222. The highest BCUT2D eigenvalue weighted by Gasteiger charge is 2.10. The summed E-state index contributed by atoms with van der Waals surface area (Å²) >= 11 is 0. The first-order valence-electron chi connectivity index (χ1n) is 7.36. The Labute approximate surface area is 125 Å². The quantitative estimate of drug-likeness (QED) is 0.766. The Morgan fingerprint density at radius 3 is 2.52 bits per heavy atom. The summed E-state index contributed by atoms with van der Waals surface area (Å²) in [5, 5.41) is 4.49. The fourth-order valence-electron chi connectivity index (χ4n) is 2.40. The highest BCUT2D eigenvalue weighted by molar-refractivity contribution is 5.90. The van der Waals surface area contributed by atoms with Gasteiger partial charge in [-0.05, 0) is 31.0 Å². The number of hydrogen-bond donors (Lipinski definition) is 1. The number of rotatable bonds is 4. The van der Waals surface area contributed by atoms with E-state index in [0.717, 1.165) is 41.1 Å². The van der Waals surface area contributed by atoms with Gasteiger partial charge in [0.1, 0.15) is 5.82 Å². The molecule has 3 aromatic rings. The maximum atomic E-state index is 4.75. The first kappa shape index (κ1) is 13.6. The molecule has 21 heavy (non-hydrogen) atoms. The number of nitrogens with zero attached hydrogens (tertiary/aromatic N) is 2. The Kier molecular flexibility index (Phi) is 3.82. The highest BCUT2D eigenvalue weighted by Crippen LogP contribution is 2.26. The number of benzene rings is 2. The van der Waals surface area contributed by atoms with Gasteiger partial charge in [0.2, 0.25) is 0 Å². The molecule has 3 nitrogen and oxygen atoms in total. The zero-order chi connectivity index (χ0) is 14.7. The molecule has 0 saturated carbocycles. The molecule has 3 rings (SSSR count). The van der Waals surface area contributed by atoms with Crippen LogP contribution in [0.5, 0.6) is 0 Å². The van der Waals surface area contributed by atoms with Gasteiger partial charge in [0.25, 0.3) is 0 Å². The second-order valence-corrected chi connectivity index (χ2v) is 5.15. The second kappa shape index (κ2) is 5.92. The number of para-hydroxylation sites is 1. The Morgan fingerprint density at radius 2 is 1.71 bits per heavy atom. The summed E-state index contributed by atoms with van der Waals surface area (Å²) in [7, 11) is 0. The van der Waals surface area contributed by atoms with E-state index in [9.17, 15) is 0 Å². The van der Waals surface area contributed by atoms with E-state index < -0.39 is 0 Å². The van der Waals surface area contributed by atoms with Crippen molar-refractivity contribution >= 4 is 16.7 Å². The van der Waals surface area contributed by atoms with Gasteiger partial charge in [-0.15, -0.1) is 0 Å². The van der Waals surface area contributed by atoms with Crippen LogP contribution in [0.1, 0.15) is 18.9 Å². The van der Waals surface area contributed by atoms with Gasteiger partial charge in [-0.2, -0.15) is 0 Å². The number of aryl methyl sites for hydroxylation is 1. The molecule has 3 heteroatoms. The van der Waals surface area contributed by atoms with Crippen molar-refractivity contribution in [3.05, 3.63) is 54.1 Å². The van der Waals surface area contributed by atoms with Gasteiger partial charge in [-0.25, -0.2) is 9.97 Å². The summed E-state index contributed by atoms with van der Waals surface area (Å²) in [6, 6.07) is 16.4. The maximum absolute atomic E-state index is 4.75.